The SMILES string of the molecule is CN(CC1COc2ccccc2O1)C(=O)NCc1ccc2c(c1)OCO2. The topological polar surface area (TPSA) is 69.3 Å². The van der Waals surface area contributed by atoms with Crippen LogP contribution in [0.2, 0.25) is 0 Å². The zero-order valence-corrected chi connectivity index (χ0v) is 14.4. The molecular formula is C19H20N2O5. The number of nitrogens with one attached hydrogen (secondary N) is 1. The molecule has 0 aliphatic carbocycles. The molecule has 0 saturated heterocycles. The Morgan fingerprint density at radius 3 is 2.73 bits per heavy atom. The van der Waals surface area contributed by atoms with Crippen LogP contribution >= 0.6 is 0 Å². The standard InChI is InChI=1S/C19H20N2O5/c1-21(10-14-11-23-15-4-2-3-5-17(15)26-14)19(22)20-9-13-6-7-16-18(8-13)25-12-24-16/h2-8,14H,9-12H2,1H3,(H,20,22). The third-order valence-electron chi connectivity index (χ3n) is 4.27. The minimum atomic E-state index is -0.203. The molecular weight excluding hydrogens is 336 g/mol. The molecule has 2 heterocycles. The molecule has 2 aliphatic heterocycles. The molecule has 4 rings (SSSR count). The van der Waals surface area contributed by atoms with E-state index in [1.807, 2.05) is 42.5 Å². The van der Waals surface area contributed by atoms with Gasteiger partial charge in [0.2, 0.25) is 6.79 Å². The van der Waals surface area contributed by atoms with Crippen LogP contribution in [0.4, 0.5) is 4.79 Å². The predicted octanol–water partition coefficient (Wildman–Crippen LogP) is 2.40. The lowest BCUT2D eigenvalue weighted by molar-refractivity contribution is 0.0715. The van der Waals surface area contributed by atoms with Gasteiger partial charge in [0.05, 0.1) is 6.54 Å². The van der Waals surface area contributed by atoms with Crippen LogP contribution in [0, 0.1) is 0 Å². The Hall–Kier alpha value is -3.09. The molecule has 0 radical (unpaired) electrons. The van der Waals surface area contributed by atoms with Crippen LogP contribution in [0.15, 0.2) is 42.5 Å². The minimum absolute atomic E-state index is 0.176. The fourth-order valence-electron chi connectivity index (χ4n) is 2.90. The van der Waals surface area contributed by atoms with Gasteiger partial charge in [-0.05, 0) is 29.8 Å². The number of hydrogen-bond acceptors (Lipinski definition) is 5. The number of para-hydroxylation sites is 2. The molecule has 2 aromatic rings. The first-order valence-corrected chi connectivity index (χ1v) is 8.45. The maximum atomic E-state index is 12.3. The van der Waals surface area contributed by atoms with Gasteiger partial charge in [0.15, 0.2) is 29.1 Å². The van der Waals surface area contributed by atoms with E-state index < -0.39 is 0 Å². The lowest BCUT2D eigenvalue weighted by Gasteiger charge is -2.29. The molecule has 136 valence electrons. The number of urea groups is 1. The fraction of sp³-hybridized carbons (Fsp3) is 0.316. The maximum Gasteiger partial charge on any atom is 0.317 e. The second-order valence-corrected chi connectivity index (χ2v) is 6.22. The van der Waals surface area contributed by atoms with E-state index >= 15 is 0 Å². The van der Waals surface area contributed by atoms with Crippen LogP contribution in [-0.2, 0) is 6.54 Å². The highest BCUT2D eigenvalue weighted by molar-refractivity contribution is 5.73. The van der Waals surface area contributed by atoms with E-state index in [1.165, 1.54) is 0 Å². The molecule has 0 bridgehead atoms. The van der Waals surface area contributed by atoms with Crippen molar-refractivity contribution in [3.63, 3.8) is 0 Å². The highest BCUT2D eigenvalue weighted by Gasteiger charge is 2.23. The summed E-state index contributed by atoms with van der Waals surface area (Å²) in [6.45, 7) is 1.49. The van der Waals surface area contributed by atoms with Gasteiger partial charge >= 0.3 is 6.03 Å². The smallest absolute Gasteiger partial charge is 0.317 e. The van der Waals surface area contributed by atoms with Gasteiger partial charge in [-0.2, -0.15) is 0 Å². The van der Waals surface area contributed by atoms with Crippen molar-refractivity contribution in [2.75, 3.05) is 27.0 Å². The van der Waals surface area contributed by atoms with Gasteiger partial charge in [-0.15, -0.1) is 0 Å². The third kappa shape index (κ3) is 3.46. The van der Waals surface area contributed by atoms with Gasteiger partial charge in [0.1, 0.15) is 6.61 Å². The van der Waals surface area contributed by atoms with Gasteiger partial charge < -0.3 is 29.2 Å². The van der Waals surface area contributed by atoms with E-state index in [2.05, 4.69) is 5.32 Å². The van der Waals surface area contributed by atoms with E-state index in [9.17, 15) is 4.79 Å². The Labute approximate surface area is 151 Å². The average molecular weight is 356 g/mol. The fourth-order valence-corrected chi connectivity index (χ4v) is 2.90. The van der Waals surface area contributed by atoms with E-state index in [4.69, 9.17) is 18.9 Å². The largest absolute Gasteiger partial charge is 0.486 e. The van der Waals surface area contributed by atoms with E-state index in [0.29, 0.717) is 31.2 Å². The number of carbonyl (C=O) groups excluding carboxylic acids is 1. The van der Waals surface area contributed by atoms with Crippen molar-refractivity contribution in [3.05, 3.63) is 48.0 Å². The number of ether oxygens (including phenoxy) is 4. The number of carbonyl (C=O) groups is 1. The van der Waals surface area contributed by atoms with Gasteiger partial charge in [-0.25, -0.2) is 4.79 Å². The third-order valence-corrected chi connectivity index (χ3v) is 4.27. The monoisotopic (exact) mass is 356 g/mol. The molecule has 2 amide bonds. The number of hydrogen-bond donors (Lipinski definition) is 1. The lowest BCUT2D eigenvalue weighted by atomic mass is 10.2. The second-order valence-electron chi connectivity index (χ2n) is 6.22. The second kappa shape index (κ2) is 7.03. The first kappa shape index (κ1) is 16.4. The van der Waals surface area contributed by atoms with Gasteiger partial charge in [-0.3, -0.25) is 0 Å². The van der Waals surface area contributed by atoms with Crippen LogP contribution in [0.3, 0.4) is 0 Å². The zero-order chi connectivity index (χ0) is 17.9. The van der Waals surface area contributed by atoms with Crippen molar-refractivity contribution in [1.29, 1.82) is 0 Å². The first-order chi connectivity index (χ1) is 12.7. The highest BCUT2D eigenvalue weighted by Crippen LogP contribution is 2.32. The number of rotatable bonds is 4. The summed E-state index contributed by atoms with van der Waals surface area (Å²) in [6, 6.07) is 13.0. The molecule has 0 fully saturated rings. The normalized spacial score (nSPS) is 16.9. The van der Waals surface area contributed by atoms with Crippen molar-refractivity contribution < 1.29 is 23.7 Å². The van der Waals surface area contributed by atoms with Gasteiger partial charge in [-0.1, -0.05) is 18.2 Å². The van der Waals surface area contributed by atoms with E-state index in [-0.39, 0.29) is 18.9 Å². The molecule has 1 N–H and O–H groups in total. The molecule has 0 saturated carbocycles. The van der Waals surface area contributed by atoms with Gasteiger partial charge in [0, 0.05) is 13.6 Å². The summed E-state index contributed by atoms with van der Waals surface area (Å²) in [6.07, 6.45) is -0.203. The number of fused-ring (bicyclic) bond motifs is 2. The Kier molecular flexibility index (Phi) is 4.43. The van der Waals surface area contributed by atoms with Crippen molar-refractivity contribution >= 4 is 6.03 Å². The van der Waals surface area contributed by atoms with Gasteiger partial charge in [0.25, 0.3) is 0 Å². The number of amides is 2. The maximum absolute atomic E-state index is 12.3. The number of nitrogens with zero attached hydrogens (tertiary/aromatic N) is 1. The van der Waals surface area contributed by atoms with Crippen LogP contribution in [0.25, 0.3) is 0 Å². The molecule has 0 aromatic heterocycles. The van der Waals surface area contributed by atoms with Crippen molar-refractivity contribution in [2.24, 2.45) is 0 Å². The summed E-state index contributed by atoms with van der Waals surface area (Å²) in [5.74, 6) is 2.88. The summed E-state index contributed by atoms with van der Waals surface area (Å²) < 4.78 is 22.2. The van der Waals surface area contributed by atoms with Crippen LogP contribution in [0.1, 0.15) is 5.56 Å². The number of benzene rings is 2. The van der Waals surface area contributed by atoms with Crippen molar-refractivity contribution in [2.45, 2.75) is 12.6 Å². The Bertz CT molecular complexity index is 810. The highest BCUT2D eigenvalue weighted by atomic mass is 16.7. The molecule has 26 heavy (non-hydrogen) atoms. The minimum Gasteiger partial charge on any atom is -0.486 e. The summed E-state index contributed by atoms with van der Waals surface area (Å²) in [4.78, 5) is 13.9. The van der Waals surface area contributed by atoms with Crippen LogP contribution < -0.4 is 24.3 Å². The molecule has 0 spiro atoms. The first-order valence-electron chi connectivity index (χ1n) is 8.45. The average Bonchev–Trinajstić information content (AvgIpc) is 3.13. The molecule has 7 heteroatoms. The molecule has 7 nitrogen and oxygen atoms in total. The summed E-state index contributed by atoms with van der Waals surface area (Å²) in [5, 5.41) is 2.89. The molecule has 1 atom stereocenters. The van der Waals surface area contributed by atoms with E-state index in [1.54, 1.807) is 11.9 Å². The van der Waals surface area contributed by atoms with E-state index in [0.717, 1.165) is 17.1 Å². The van der Waals surface area contributed by atoms with Crippen molar-refractivity contribution in [3.8, 4) is 23.0 Å². The Morgan fingerprint density at radius 2 is 1.85 bits per heavy atom. The van der Waals surface area contributed by atoms with Crippen LogP contribution in [0.5, 0.6) is 23.0 Å². The summed E-state index contributed by atoms with van der Waals surface area (Å²) in [5.41, 5.74) is 0.946. The summed E-state index contributed by atoms with van der Waals surface area (Å²) in [7, 11) is 1.73. The lowest BCUT2D eigenvalue weighted by Crippen LogP contribution is -2.45. The molecule has 2 aromatic carbocycles. The summed E-state index contributed by atoms with van der Waals surface area (Å²) >= 11 is 0. The zero-order valence-electron chi connectivity index (χ0n) is 14.4. The van der Waals surface area contributed by atoms with Crippen molar-refractivity contribution in [1.82, 2.24) is 10.2 Å². The quantitative estimate of drug-likeness (QED) is 0.911. The Balaban J connectivity index is 1.28. The predicted molar refractivity (Wildman–Crippen MR) is 93.8 cm³/mol. The Morgan fingerprint density at radius 1 is 1.08 bits per heavy atom. The molecule has 1 unspecified atom stereocenters. The molecule has 2 aliphatic rings. The van der Waals surface area contributed by atoms with Crippen LogP contribution in [-0.4, -0.2) is 44.0 Å². The number of likely N-dealkylation sites (N-methyl/N-ethyl adjacent to an activating group) is 1.